The lowest BCUT2D eigenvalue weighted by Gasteiger charge is -2.17. The summed E-state index contributed by atoms with van der Waals surface area (Å²) in [6, 6.07) is 9.81. The number of primary amides is 1. The van der Waals surface area contributed by atoms with Crippen LogP contribution in [0.2, 0.25) is 0 Å². The third-order valence-corrected chi connectivity index (χ3v) is 4.04. The van der Waals surface area contributed by atoms with Gasteiger partial charge in [-0.1, -0.05) is 18.2 Å². The van der Waals surface area contributed by atoms with Crippen LogP contribution in [0.5, 0.6) is 5.75 Å². The standard InChI is InChI=1S/C16H19N3O3S/c1-2-22-13-7-4-3-6-11(13)18-15(20)10-12(19-16(17)21)14-8-5-9-23-14/h3-9,12H,2,10H2,1H3,(H,18,20)(H3,17,19,21). The summed E-state index contributed by atoms with van der Waals surface area (Å²) >= 11 is 1.46. The van der Waals surface area contributed by atoms with Crippen LogP contribution in [0.15, 0.2) is 41.8 Å². The Bertz CT molecular complexity index is 658. The zero-order chi connectivity index (χ0) is 16.7. The van der Waals surface area contributed by atoms with Gasteiger partial charge >= 0.3 is 6.03 Å². The molecule has 0 radical (unpaired) electrons. The Morgan fingerprint density at radius 3 is 2.70 bits per heavy atom. The number of rotatable bonds is 7. The normalized spacial score (nSPS) is 11.5. The highest BCUT2D eigenvalue weighted by atomic mass is 32.1. The van der Waals surface area contributed by atoms with Gasteiger partial charge in [0.05, 0.1) is 24.8 Å². The van der Waals surface area contributed by atoms with Gasteiger partial charge in [0.1, 0.15) is 5.75 Å². The van der Waals surface area contributed by atoms with Crippen LogP contribution in [-0.4, -0.2) is 18.5 Å². The zero-order valence-electron chi connectivity index (χ0n) is 12.7. The van der Waals surface area contributed by atoms with E-state index in [0.717, 1.165) is 4.88 Å². The Morgan fingerprint density at radius 2 is 2.04 bits per heavy atom. The first kappa shape index (κ1) is 16.8. The van der Waals surface area contributed by atoms with Crippen molar-refractivity contribution in [3.05, 3.63) is 46.7 Å². The second-order valence-electron chi connectivity index (χ2n) is 4.76. The van der Waals surface area contributed by atoms with Gasteiger partial charge in [0.2, 0.25) is 5.91 Å². The number of hydrogen-bond donors (Lipinski definition) is 3. The molecule has 1 aromatic carbocycles. The van der Waals surface area contributed by atoms with E-state index < -0.39 is 12.1 Å². The van der Waals surface area contributed by atoms with Crippen molar-refractivity contribution in [1.29, 1.82) is 0 Å². The number of urea groups is 1. The molecule has 0 bridgehead atoms. The molecule has 4 N–H and O–H groups in total. The number of carbonyl (C=O) groups excluding carboxylic acids is 2. The maximum atomic E-state index is 12.3. The summed E-state index contributed by atoms with van der Waals surface area (Å²) in [5, 5.41) is 7.29. The average molecular weight is 333 g/mol. The molecule has 2 rings (SSSR count). The number of anilines is 1. The van der Waals surface area contributed by atoms with E-state index in [9.17, 15) is 9.59 Å². The van der Waals surface area contributed by atoms with Gasteiger partial charge < -0.3 is 21.1 Å². The summed E-state index contributed by atoms with van der Waals surface area (Å²) < 4.78 is 5.48. The van der Waals surface area contributed by atoms with Crippen LogP contribution < -0.4 is 21.1 Å². The van der Waals surface area contributed by atoms with E-state index >= 15 is 0 Å². The molecule has 1 heterocycles. The van der Waals surface area contributed by atoms with Crippen LogP contribution in [0.3, 0.4) is 0 Å². The van der Waals surface area contributed by atoms with Gasteiger partial charge in [-0.2, -0.15) is 0 Å². The molecule has 1 unspecified atom stereocenters. The van der Waals surface area contributed by atoms with Gasteiger partial charge in [0, 0.05) is 4.88 Å². The lowest BCUT2D eigenvalue weighted by molar-refractivity contribution is -0.116. The van der Waals surface area contributed by atoms with Crippen molar-refractivity contribution in [1.82, 2.24) is 5.32 Å². The largest absolute Gasteiger partial charge is 0.492 e. The van der Waals surface area contributed by atoms with Crippen LogP contribution in [0.4, 0.5) is 10.5 Å². The first-order chi connectivity index (χ1) is 11.1. The van der Waals surface area contributed by atoms with Crippen molar-refractivity contribution >= 4 is 29.0 Å². The van der Waals surface area contributed by atoms with Gasteiger partial charge in [0.15, 0.2) is 0 Å². The van der Waals surface area contributed by atoms with Crippen LogP contribution >= 0.6 is 11.3 Å². The third-order valence-electron chi connectivity index (χ3n) is 3.05. The van der Waals surface area contributed by atoms with Crippen molar-refractivity contribution in [2.24, 2.45) is 5.73 Å². The molecule has 0 aliphatic rings. The fraction of sp³-hybridized carbons (Fsp3) is 0.250. The molecule has 0 aliphatic heterocycles. The minimum Gasteiger partial charge on any atom is -0.492 e. The quantitative estimate of drug-likeness (QED) is 0.727. The number of hydrogen-bond acceptors (Lipinski definition) is 4. The lowest BCUT2D eigenvalue weighted by atomic mass is 10.1. The minimum atomic E-state index is -0.661. The summed E-state index contributed by atoms with van der Waals surface area (Å²) in [6.45, 7) is 2.39. The second kappa shape index (κ2) is 8.19. The number of benzene rings is 1. The molecule has 0 spiro atoms. The third kappa shape index (κ3) is 5.00. The molecule has 0 saturated carbocycles. The molecule has 7 heteroatoms. The van der Waals surface area contributed by atoms with E-state index in [0.29, 0.717) is 18.0 Å². The molecule has 0 saturated heterocycles. The Kier molecular flexibility index (Phi) is 5.99. The predicted molar refractivity (Wildman–Crippen MR) is 90.6 cm³/mol. The predicted octanol–water partition coefficient (Wildman–Crippen LogP) is 2.89. The summed E-state index contributed by atoms with van der Waals surface area (Å²) in [6.07, 6.45) is 0.0872. The summed E-state index contributed by atoms with van der Waals surface area (Å²) in [5.41, 5.74) is 5.79. The number of ether oxygens (including phenoxy) is 1. The smallest absolute Gasteiger partial charge is 0.312 e. The number of amides is 3. The monoisotopic (exact) mass is 333 g/mol. The fourth-order valence-electron chi connectivity index (χ4n) is 2.12. The highest BCUT2D eigenvalue weighted by Gasteiger charge is 2.19. The fourth-order valence-corrected chi connectivity index (χ4v) is 2.90. The van der Waals surface area contributed by atoms with Crippen LogP contribution in [0, 0.1) is 0 Å². The molecule has 1 atom stereocenters. The van der Waals surface area contributed by atoms with Crippen LogP contribution in [0.25, 0.3) is 0 Å². The first-order valence-corrected chi connectivity index (χ1v) is 8.09. The van der Waals surface area contributed by atoms with Crippen molar-refractivity contribution in [3.63, 3.8) is 0 Å². The van der Waals surface area contributed by atoms with Gasteiger partial charge in [-0.05, 0) is 30.5 Å². The number of para-hydroxylation sites is 2. The Balaban J connectivity index is 2.06. The van der Waals surface area contributed by atoms with E-state index in [4.69, 9.17) is 10.5 Å². The molecule has 3 amide bonds. The highest BCUT2D eigenvalue weighted by Crippen LogP contribution is 2.26. The number of carbonyl (C=O) groups is 2. The summed E-state index contributed by atoms with van der Waals surface area (Å²) in [7, 11) is 0. The number of thiophene rings is 1. The van der Waals surface area contributed by atoms with Crippen LogP contribution in [0.1, 0.15) is 24.3 Å². The van der Waals surface area contributed by atoms with Crippen molar-refractivity contribution in [2.45, 2.75) is 19.4 Å². The molecular formula is C16H19N3O3S. The van der Waals surface area contributed by atoms with Crippen molar-refractivity contribution in [2.75, 3.05) is 11.9 Å². The highest BCUT2D eigenvalue weighted by molar-refractivity contribution is 7.10. The topological polar surface area (TPSA) is 93.4 Å². The van der Waals surface area contributed by atoms with Gasteiger partial charge in [-0.25, -0.2) is 4.79 Å². The lowest BCUT2D eigenvalue weighted by Crippen LogP contribution is -2.34. The molecule has 0 aliphatic carbocycles. The summed E-state index contributed by atoms with van der Waals surface area (Å²) in [5.74, 6) is 0.378. The maximum Gasteiger partial charge on any atom is 0.312 e. The summed E-state index contributed by atoms with van der Waals surface area (Å²) in [4.78, 5) is 24.3. The van der Waals surface area contributed by atoms with E-state index in [-0.39, 0.29) is 12.3 Å². The first-order valence-electron chi connectivity index (χ1n) is 7.21. The number of nitrogens with one attached hydrogen (secondary N) is 2. The average Bonchev–Trinajstić information content (AvgIpc) is 3.02. The van der Waals surface area contributed by atoms with Crippen molar-refractivity contribution in [3.8, 4) is 5.75 Å². The molecule has 1 aromatic heterocycles. The number of nitrogens with two attached hydrogens (primary N) is 1. The Labute approximate surface area is 138 Å². The van der Waals surface area contributed by atoms with E-state index in [1.165, 1.54) is 11.3 Å². The Hall–Kier alpha value is -2.54. The molecule has 0 fully saturated rings. The maximum absolute atomic E-state index is 12.3. The van der Waals surface area contributed by atoms with Gasteiger partial charge in [-0.15, -0.1) is 11.3 Å². The SMILES string of the molecule is CCOc1ccccc1NC(=O)CC(NC(N)=O)c1cccs1. The van der Waals surface area contributed by atoms with E-state index in [1.54, 1.807) is 12.1 Å². The van der Waals surface area contributed by atoms with E-state index in [1.807, 2.05) is 36.6 Å². The molecule has 6 nitrogen and oxygen atoms in total. The molecular weight excluding hydrogens is 314 g/mol. The molecule has 122 valence electrons. The Morgan fingerprint density at radius 1 is 1.26 bits per heavy atom. The molecule has 2 aromatic rings. The van der Waals surface area contributed by atoms with Gasteiger partial charge in [-0.3, -0.25) is 4.79 Å². The second-order valence-corrected chi connectivity index (χ2v) is 5.74. The van der Waals surface area contributed by atoms with Crippen LogP contribution in [-0.2, 0) is 4.79 Å². The van der Waals surface area contributed by atoms with Crippen molar-refractivity contribution < 1.29 is 14.3 Å². The van der Waals surface area contributed by atoms with Gasteiger partial charge in [0.25, 0.3) is 0 Å². The molecule has 23 heavy (non-hydrogen) atoms. The minimum absolute atomic E-state index is 0.0872. The van der Waals surface area contributed by atoms with E-state index in [2.05, 4.69) is 10.6 Å². The zero-order valence-corrected chi connectivity index (χ0v) is 13.6.